The lowest BCUT2D eigenvalue weighted by atomic mass is 9.92. The van der Waals surface area contributed by atoms with Crippen molar-refractivity contribution in [2.45, 2.75) is 32.6 Å². The van der Waals surface area contributed by atoms with Gasteiger partial charge in [-0.3, -0.25) is 4.79 Å². The minimum atomic E-state index is -0.655. The van der Waals surface area contributed by atoms with E-state index < -0.39 is 5.97 Å². The Morgan fingerprint density at radius 1 is 1.46 bits per heavy atom. The molecule has 76 valence electrons. The van der Waals surface area contributed by atoms with Crippen LogP contribution in [0.15, 0.2) is 0 Å². The average Bonchev–Trinajstić information content (AvgIpc) is 2.15. The van der Waals surface area contributed by atoms with Gasteiger partial charge in [-0.1, -0.05) is 6.92 Å². The molecule has 3 heteroatoms. The highest BCUT2D eigenvalue weighted by atomic mass is 16.4. The number of nitrogens with zero attached hydrogens (tertiary/aromatic N) is 1. The van der Waals surface area contributed by atoms with Crippen LogP contribution in [0.2, 0.25) is 0 Å². The standard InChI is InChI=1S/C10H19NO2/c1-2-11-7-5-9(6-8-11)3-4-10(12)13/h9H,2-8H2,1H3,(H,12,13). The Morgan fingerprint density at radius 3 is 2.54 bits per heavy atom. The highest BCUT2D eigenvalue weighted by Gasteiger charge is 2.18. The van der Waals surface area contributed by atoms with Gasteiger partial charge in [0.1, 0.15) is 0 Å². The van der Waals surface area contributed by atoms with Gasteiger partial charge in [0, 0.05) is 6.42 Å². The van der Waals surface area contributed by atoms with Crippen molar-refractivity contribution in [2.24, 2.45) is 5.92 Å². The Balaban J connectivity index is 2.14. The Bertz CT molecular complexity index is 162. The van der Waals surface area contributed by atoms with Crippen LogP contribution in [-0.4, -0.2) is 35.6 Å². The van der Waals surface area contributed by atoms with E-state index in [1.165, 1.54) is 12.8 Å². The van der Waals surface area contributed by atoms with Crippen LogP contribution in [-0.2, 0) is 4.79 Å². The van der Waals surface area contributed by atoms with Crippen molar-refractivity contribution in [3.63, 3.8) is 0 Å². The van der Waals surface area contributed by atoms with Gasteiger partial charge in [-0.05, 0) is 44.8 Å². The van der Waals surface area contributed by atoms with Gasteiger partial charge in [0.25, 0.3) is 0 Å². The fourth-order valence-electron chi connectivity index (χ4n) is 1.92. The van der Waals surface area contributed by atoms with Gasteiger partial charge in [0.2, 0.25) is 0 Å². The van der Waals surface area contributed by atoms with Crippen molar-refractivity contribution in [1.29, 1.82) is 0 Å². The second-order valence-corrected chi connectivity index (χ2v) is 3.81. The number of likely N-dealkylation sites (tertiary alicyclic amines) is 1. The highest BCUT2D eigenvalue weighted by Crippen LogP contribution is 2.21. The Morgan fingerprint density at radius 2 is 2.08 bits per heavy atom. The molecule has 0 aromatic rings. The molecule has 0 aliphatic carbocycles. The van der Waals surface area contributed by atoms with E-state index in [2.05, 4.69) is 11.8 Å². The number of carboxylic acids is 1. The van der Waals surface area contributed by atoms with E-state index in [9.17, 15) is 4.79 Å². The number of aliphatic carboxylic acids is 1. The van der Waals surface area contributed by atoms with Gasteiger partial charge in [-0.25, -0.2) is 0 Å². The van der Waals surface area contributed by atoms with Crippen LogP contribution in [0.4, 0.5) is 0 Å². The van der Waals surface area contributed by atoms with Crippen molar-refractivity contribution >= 4 is 5.97 Å². The summed E-state index contributed by atoms with van der Waals surface area (Å²) in [5.74, 6) is -0.00294. The molecule has 1 saturated heterocycles. The molecule has 1 fully saturated rings. The van der Waals surface area contributed by atoms with Gasteiger partial charge in [-0.2, -0.15) is 0 Å². The second-order valence-electron chi connectivity index (χ2n) is 3.81. The molecule has 1 rings (SSSR count). The van der Waals surface area contributed by atoms with Crippen molar-refractivity contribution in [2.75, 3.05) is 19.6 Å². The molecule has 0 saturated carbocycles. The molecule has 1 heterocycles. The molecule has 0 aromatic heterocycles. The normalized spacial score (nSPS) is 20.4. The molecule has 3 nitrogen and oxygen atoms in total. The minimum absolute atomic E-state index is 0.344. The summed E-state index contributed by atoms with van der Waals surface area (Å²) in [6.45, 7) is 5.62. The van der Waals surface area contributed by atoms with Gasteiger partial charge >= 0.3 is 5.97 Å². The van der Waals surface area contributed by atoms with Crippen LogP contribution < -0.4 is 0 Å². The summed E-state index contributed by atoms with van der Waals surface area (Å²) in [4.78, 5) is 12.8. The van der Waals surface area contributed by atoms with Gasteiger partial charge < -0.3 is 10.0 Å². The lowest BCUT2D eigenvalue weighted by Crippen LogP contribution is -2.33. The summed E-state index contributed by atoms with van der Waals surface area (Å²) in [7, 11) is 0. The molecule has 0 aromatic carbocycles. The minimum Gasteiger partial charge on any atom is -0.481 e. The van der Waals surface area contributed by atoms with E-state index in [1.807, 2.05) is 0 Å². The number of carboxylic acid groups (broad SMARTS) is 1. The first kappa shape index (κ1) is 10.5. The van der Waals surface area contributed by atoms with Crippen molar-refractivity contribution in [3.05, 3.63) is 0 Å². The maximum absolute atomic E-state index is 10.4. The molecule has 0 radical (unpaired) electrons. The molecular formula is C10H19NO2. The lowest BCUT2D eigenvalue weighted by molar-refractivity contribution is -0.137. The SMILES string of the molecule is CCN1CCC(CCC(=O)O)CC1. The summed E-state index contributed by atoms with van der Waals surface area (Å²) in [5, 5.41) is 8.53. The fraction of sp³-hybridized carbons (Fsp3) is 0.900. The van der Waals surface area contributed by atoms with Crippen molar-refractivity contribution in [1.82, 2.24) is 4.90 Å². The quantitative estimate of drug-likeness (QED) is 0.723. The first-order chi connectivity index (χ1) is 6.22. The number of hydrogen-bond donors (Lipinski definition) is 1. The molecule has 0 amide bonds. The average molecular weight is 185 g/mol. The molecule has 1 N–H and O–H groups in total. The van der Waals surface area contributed by atoms with Gasteiger partial charge in [0.05, 0.1) is 0 Å². The largest absolute Gasteiger partial charge is 0.481 e. The van der Waals surface area contributed by atoms with Crippen LogP contribution in [0.5, 0.6) is 0 Å². The van der Waals surface area contributed by atoms with Crippen LogP contribution in [0, 0.1) is 5.92 Å². The molecule has 0 bridgehead atoms. The molecular weight excluding hydrogens is 166 g/mol. The van der Waals surface area contributed by atoms with Crippen LogP contribution in [0.3, 0.4) is 0 Å². The maximum Gasteiger partial charge on any atom is 0.303 e. The zero-order valence-electron chi connectivity index (χ0n) is 8.33. The van der Waals surface area contributed by atoms with E-state index >= 15 is 0 Å². The number of piperidine rings is 1. The van der Waals surface area contributed by atoms with Gasteiger partial charge in [-0.15, -0.1) is 0 Å². The predicted octanol–water partition coefficient (Wildman–Crippen LogP) is 1.58. The third kappa shape index (κ3) is 3.77. The molecule has 1 aliphatic rings. The zero-order valence-corrected chi connectivity index (χ0v) is 8.33. The summed E-state index contributed by atoms with van der Waals surface area (Å²) >= 11 is 0. The Kier molecular flexibility index (Phi) is 4.22. The molecule has 0 spiro atoms. The zero-order chi connectivity index (χ0) is 9.68. The molecule has 13 heavy (non-hydrogen) atoms. The van der Waals surface area contributed by atoms with Crippen molar-refractivity contribution in [3.8, 4) is 0 Å². The predicted molar refractivity (Wildman–Crippen MR) is 51.7 cm³/mol. The summed E-state index contributed by atoms with van der Waals surface area (Å²) in [6.07, 6.45) is 3.58. The van der Waals surface area contributed by atoms with E-state index in [0.717, 1.165) is 26.1 Å². The first-order valence-electron chi connectivity index (χ1n) is 5.16. The molecule has 0 unspecified atom stereocenters. The summed E-state index contributed by atoms with van der Waals surface area (Å²) < 4.78 is 0. The lowest BCUT2D eigenvalue weighted by Gasteiger charge is -2.30. The first-order valence-corrected chi connectivity index (χ1v) is 5.16. The Labute approximate surface area is 79.7 Å². The number of rotatable bonds is 4. The number of carbonyl (C=O) groups is 1. The molecule has 0 atom stereocenters. The van der Waals surface area contributed by atoms with E-state index in [1.54, 1.807) is 0 Å². The fourth-order valence-corrected chi connectivity index (χ4v) is 1.92. The monoisotopic (exact) mass is 185 g/mol. The smallest absolute Gasteiger partial charge is 0.303 e. The van der Waals surface area contributed by atoms with Crippen molar-refractivity contribution < 1.29 is 9.90 Å². The number of hydrogen-bond acceptors (Lipinski definition) is 2. The summed E-state index contributed by atoms with van der Waals surface area (Å²) in [5.41, 5.74) is 0. The molecule has 1 aliphatic heterocycles. The second kappa shape index (κ2) is 5.22. The third-order valence-corrected chi connectivity index (χ3v) is 2.92. The maximum atomic E-state index is 10.4. The van der Waals surface area contributed by atoms with E-state index in [-0.39, 0.29) is 0 Å². The van der Waals surface area contributed by atoms with Crippen LogP contribution in [0.25, 0.3) is 0 Å². The van der Waals surface area contributed by atoms with Gasteiger partial charge in [0.15, 0.2) is 0 Å². The highest BCUT2D eigenvalue weighted by molar-refractivity contribution is 5.66. The topological polar surface area (TPSA) is 40.5 Å². The van der Waals surface area contributed by atoms with E-state index in [4.69, 9.17) is 5.11 Å². The Hall–Kier alpha value is -0.570. The van der Waals surface area contributed by atoms with Crippen LogP contribution >= 0.6 is 0 Å². The van der Waals surface area contributed by atoms with E-state index in [0.29, 0.717) is 12.3 Å². The summed E-state index contributed by atoms with van der Waals surface area (Å²) in [6, 6.07) is 0. The third-order valence-electron chi connectivity index (χ3n) is 2.92. The van der Waals surface area contributed by atoms with Crippen LogP contribution in [0.1, 0.15) is 32.6 Å².